The van der Waals surface area contributed by atoms with E-state index in [1.54, 1.807) is 7.11 Å². The van der Waals surface area contributed by atoms with Gasteiger partial charge in [-0.2, -0.15) is 5.10 Å². The first-order chi connectivity index (χ1) is 9.71. The maximum absolute atomic E-state index is 6.27. The molecule has 106 valence electrons. The number of nitrogens with zero attached hydrogens (tertiary/aromatic N) is 2. The number of ether oxygens (including phenoxy) is 2. The van der Waals surface area contributed by atoms with Crippen LogP contribution in [-0.2, 0) is 6.54 Å². The molecule has 0 radical (unpaired) electrons. The molecule has 1 unspecified atom stereocenters. The minimum Gasteiger partial charge on any atom is -0.497 e. The van der Waals surface area contributed by atoms with E-state index < -0.39 is 0 Å². The third-order valence-electron chi connectivity index (χ3n) is 3.70. The van der Waals surface area contributed by atoms with Crippen molar-refractivity contribution in [2.45, 2.75) is 32.0 Å². The van der Waals surface area contributed by atoms with Crippen LogP contribution in [0.4, 0.5) is 0 Å². The van der Waals surface area contributed by atoms with Crippen molar-refractivity contribution in [2.24, 2.45) is 5.73 Å². The van der Waals surface area contributed by atoms with Crippen LogP contribution >= 0.6 is 0 Å². The van der Waals surface area contributed by atoms with E-state index in [2.05, 4.69) is 12.0 Å². The summed E-state index contributed by atoms with van der Waals surface area (Å²) in [7, 11) is 1.65. The molecule has 1 aromatic carbocycles. The smallest absolute Gasteiger partial charge is 0.129 e. The van der Waals surface area contributed by atoms with Gasteiger partial charge in [0, 0.05) is 36.3 Å². The normalized spacial score (nSPS) is 21.1. The Bertz CT molecular complexity index is 609. The fourth-order valence-corrected chi connectivity index (χ4v) is 2.53. The van der Waals surface area contributed by atoms with E-state index in [1.807, 2.05) is 35.3 Å². The summed E-state index contributed by atoms with van der Waals surface area (Å²) in [5.41, 5.74) is 8.35. The van der Waals surface area contributed by atoms with Crippen molar-refractivity contribution < 1.29 is 9.47 Å². The average molecular weight is 273 g/mol. The number of nitrogens with two attached hydrogens (primary N) is 1. The summed E-state index contributed by atoms with van der Waals surface area (Å²) in [4.78, 5) is 0. The Morgan fingerprint density at radius 3 is 3.05 bits per heavy atom. The molecule has 5 nitrogen and oxygen atoms in total. The van der Waals surface area contributed by atoms with Gasteiger partial charge in [0.15, 0.2) is 0 Å². The molecular weight excluding hydrogens is 254 g/mol. The van der Waals surface area contributed by atoms with Crippen LogP contribution in [0.15, 0.2) is 30.6 Å². The Labute approximate surface area is 118 Å². The zero-order valence-corrected chi connectivity index (χ0v) is 11.7. The number of methoxy groups -OCH3 is 1. The number of hydrogen-bond acceptors (Lipinski definition) is 4. The highest BCUT2D eigenvalue weighted by Gasteiger charge is 2.28. The Morgan fingerprint density at radius 1 is 1.50 bits per heavy atom. The Kier molecular flexibility index (Phi) is 3.36. The maximum Gasteiger partial charge on any atom is 0.129 e. The lowest BCUT2D eigenvalue weighted by Gasteiger charge is -2.30. The van der Waals surface area contributed by atoms with Gasteiger partial charge < -0.3 is 15.2 Å². The largest absolute Gasteiger partial charge is 0.497 e. The summed E-state index contributed by atoms with van der Waals surface area (Å²) in [6.45, 7) is 2.92. The first kappa shape index (κ1) is 13.0. The average Bonchev–Trinajstić information content (AvgIpc) is 2.96. The van der Waals surface area contributed by atoms with Crippen molar-refractivity contribution in [3.63, 3.8) is 0 Å². The summed E-state index contributed by atoms with van der Waals surface area (Å²) < 4.78 is 13.2. The molecule has 1 aliphatic heterocycles. The van der Waals surface area contributed by atoms with Gasteiger partial charge >= 0.3 is 0 Å². The third kappa shape index (κ3) is 2.25. The molecule has 20 heavy (non-hydrogen) atoms. The van der Waals surface area contributed by atoms with E-state index in [0.29, 0.717) is 0 Å². The van der Waals surface area contributed by atoms with Gasteiger partial charge in [-0.1, -0.05) is 0 Å². The molecule has 5 heteroatoms. The number of fused-ring (bicyclic) bond motifs is 1. The Hall–Kier alpha value is -2.01. The molecule has 1 aliphatic rings. The quantitative estimate of drug-likeness (QED) is 0.933. The molecule has 2 heterocycles. The van der Waals surface area contributed by atoms with Crippen LogP contribution < -0.4 is 15.2 Å². The van der Waals surface area contributed by atoms with Gasteiger partial charge in [-0.25, -0.2) is 0 Å². The van der Waals surface area contributed by atoms with Crippen LogP contribution in [0, 0.1) is 0 Å². The number of hydrogen-bond donors (Lipinski definition) is 1. The molecule has 2 N–H and O–H groups in total. The SMILES string of the molecule is CCn1cc(C2C[C@@H](N)c3cc(OC)ccc3O2)cn1. The van der Waals surface area contributed by atoms with Gasteiger partial charge in [0.25, 0.3) is 0 Å². The van der Waals surface area contributed by atoms with E-state index in [9.17, 15) is 0 Å². The topological polar surface area (TPSA) is 62.3 Å². The monoisotopic (exact) mass is 273 g/mol. The number of aryl methyl sites for hydroxylation is 1. The summed E-state index contributed by atoms with van der Waals surface area (Å²) in [6.07, 6.45) is 4.59. The van der Waals surface area contributed by atoms with E-state index in [4.69, 9.17) is 15.2 Å². The highest BCUT2D eigenvalue weighted by Crippen LogP contribution is 2.40. The molecule has 0 saturated carbocycles. The number of rotatable bonds is 3. The molecule has 0 saturated heterocycles. The highest BCUT2D eigenvalue weighted by molar-refractivity contribution is 5.44. The Balaban J connectivity index is 1.88. The Morgan fingerprint density at radius 2 is 2.35 bits per heavy atom. The van der Waals surface area contributed by atoms with Crippen LogP contribution in [0.25, 0.3) is 0 Å². The predicted molar refractivity (Wildman–Crippen MR) is 75.8 cm³/mol. The molecule has 0 spiro atoms. The molecule has 0 bridgehead atoms. The first-order valence-corrected chi connectivity index (χ1v) is 6.83. The van der Waals surface area contributed by atoms with Crippen LogP contribution in [-0.4, -0.2) is 16.9 Å². The van der Waals surface area contributed by atoms with E-state index in [0.717, 1.165) is 35.6 Å². The first-order valence-electron chi connectivity index (χ1n) is 6.83. The summed E-state index contributed by atoms with van der Waals surface area (Å²) in [5.74, 6) is 1.64. The van der Waals surface area contributed by atoms with Crippen molar-refractivity contribution in [1.82, 2.24) is 9.78 Å². The summed E-state index contributed by atoms with van der Waals surface area (Å²) in [6, 6.07) is 5.71. The van der Waals surface area contributed by atoms with Crippen LogP contribution in [0.1, 0.15) is 36.6 Å². The molecule has 0 fully saturated rings. The lowest BCUT2D eigenvalue weighted by molar-refractivity contribution is 0.161. The molecule has 1 aromatic heterocycles. The molecule has 3 rings (SSSR count). The molecule has 2 aromatic rings. The maximum atomic E-state index is 6.27. The predicted octanol–water partition coefficient (Wildman–Crippen LogP) is 2.44. The van der Waals surface area contributed by atoms with Crippen molar-refractivity contribution in [2.75, 3.05) is 7.11 Å². The van der Waals surface area contributed by atoms with Gasteiger partial charge in [0.2, 0.25) is 0 Å². The summed E-state index contributed by atoms with van der Waals surface area (Å²) in [5, 5.41) is 4.29. The van der Waals surface area contributed by atoms with E-state index in [-0.39, 0.29) is 12.1 Å². The highest BCUT2D eigenvalue weighted by atomic mass is 16.5. The fraction of sp³-hybridized carbons (Fsp3) is 0.400. The van der Waals surface area contributed by atoms with Crippen LogP contribution in [0.5, 0.6) is 11.5 Å². The second-order valence-electron chi connectivity index (χ2n) is 4.98. The lowest BCUT2D eigenvalue weighted by Crippen LogP contribution is -2.24. The zero-order chi connectivity index (χ0) is 14.1. The number of benzene rings is 1. The van der Waals surface area contributed by atoms with Gasteiger partial charge in [-0.05, 0) is 25.1 Å². The molecule has 2 atom stereocenters. The standard InChI is InChI=1S/C15H19N3O2/c1-3-18-9-10(8-17-18)15-7-13(16)12-6-11(19-2)4-5-14(12)20-15/h4-6,8-9,13,15H,3,7,16H2,1-2H3/t13-,15?/m1/s1. The second kappa shape index (κ2) is 5.17. The van der Waals surface area contributed by atoms with Crippen LogP contribution in [0.2, 0.25) is 0 Å². The van der Waals surface area contributed by atoms with Gasteiger partial charge in [-0.15, -0.1) is 0 Å². The molecule has 0 aliphatic carbocycles. The van der Waals surface area contributed by atoms with E-state index >= 15 is 0 Å². The summed E-state index contributed by atoms with van der Waals surface area (Å²) >= 11 is 0. The number of aromatic nitrogens is 2. The van der Waals surface area contributed by atoms with Gasteiger partial charge in [0.05, 0.1) is 13.3 Å². The van der Waals surface area contributed by atoms with Crippen LogP contribution in [0.3, 0.4) is 0 Å². The van der Waals surface area contributed by atoms with Crippen molar-refractivity contribution in [3.05, 3.63) is 41.7 Å². The molecule has 0 amide bonds. The van der Waals surface area contributed by atoms with Crippen molar-refractivity contribution in [1.29, 1.82) is 0 Å². The van der Waals surface area contributed by atoms with Crippen molar-refractivity contribution in [3.8, 4) is 11.5 Å². The minimum absolute atomic E-state index is 0.0359. The van der Waals surface area contributed by atoms with Crippen molar-refractivity contribution >= 4 is 0 Å². The minimum atomic E-state index is -0.0520. The van der Waals surface area contributed by atoms with E-state index in [1.165, 1.54) is 0 Å². The van der Waals surface area contributed by atoms with Gasteiger partial charge in [0.1, 0.15) is 17.6 Å². The zero-order valence-electron chi connectivity index (χ0n) is 11.7. The lowest BCUT2D eigenvalue weighted by atomic mass is 9.95. The third-order valence-corrected chi connectivity index (χ3v) is 3.70. The molecular formula is C15H19N3O2. The second-order valence-corrected chi connectivity index (χ2v) is 4.98. The fourth-order valence-electron chi connectivity index (χ4n) is 2.53. The van der Waals surface area contributed by atoms with Gasteiger partial charge in [-0.3, -0.25) is 4.68 Å².